The summed E-state index contributed by atoms with van der Waals surface area (Å²) < 4.78 is 5.14. The molecule has 0 heterocycles. The highest BCUT2D eigenvalue weighted by Crippen LogP contribution is 2.32. The molecule has 2 amide bonds. The summed E-state index contributed by atoms with van der Waals surface area (Å²) in [6, 6.07) is 15.2. The fourth-order valence-corrected chi connectivity index (χ4v) is 3.43. The van der Waals surface area contributed by atoms with E-state index in [-0.39, 0.29) is 23.1 Å². The molecule has 1 fully saturated rings. The van der Waals surface area contributed by atoms with Gasteiger partial charge in [0.1, 0.15) is 5.75 Å². The molecule has 166 valence electrons. The lowest BCUT2D eigenvalue weighted by atomic mass is 9.92. The van der Waals surface area contributed by atoms with Gasteiger partial charge in [-0.05, 0) is 60.2 Å². The number of hydrogen-bond donors (Lipinski definition) is 2. The first-order chi connectivity index (χ1) is 14.8. The van der Waals surface area contributed by atoms with E-state index >= 15 is 0 Å². The lowest BCUT2D eigenvalue weighted by molar-refractivity contribution is -0.134. The zero-order valence-corrected chi connectivity index (χ0v) is 18.7. The molecule has 2 aromatic carbocycles. The van der Waals surface area contributed by atoms with E-state index in [1.807, 2.05) is 53.4 Å². The van der Waals surface area contributed by atoms with Gasteiger partial charge < -0.3 is 20.7 Å². The molecule has 3 N–H and O–H groups in total. The van der Waals surface area contributed by atoms with Crippen molar-refractivity contribution in [3.8, 4) is 5.75 Å². The summed E-state index contributed by atoms with van der Waals surface area (Å²) >= 11 is 0. The number of nitrogens with zero attached hydrogens (tertiary/aromatic N) is 1. The number of amides is 2. The van der Waals surface area contributed by atoms with E-state index in [0.717, 1.165) is 35.4 Å². The number of benzene rings is 2. The van der Waals surface area contributed by atoms with Crippen molar-refractivity contribution in [2.24, 2.45) is 17.1 Å². The molecule has 2 aromatic rings. The normalized spacial score (nSPS) is 13.5. The monoisotopic (exact) mass is 423 g/mol. The summed E-state index contributed by atoms with van der Waals surface area (Å²) in [6.07, 6.45) is 2.26. The SMILES string of the molecule is COc1ccc(CC(=O)Nc2ccc(CN(CC(C)(C)CN)C(=O)C3CC3)cc2)cc1. The molecule has 6 heteroatoms. The first kappa shape index (κ1) is 22.8. The molecule has 0 atom stereocenters. The lowest BCUT2D eigenvalue weighted by Gasteiger charge is -2.32. The Bertz CT molecular complexity index is 887. The quantitative estimate of drug-likeness (QED) is 0.611. The van der Waals surface area contributed by atoms with E-state index in [1.165, 1.54) is 0 Å². The van der Waals surface area contributed by atoms with Gasteiger partial charge in [-0.25, -0.2) is 0 Å². The van der Waals surface area contributed by atoms with Crippen molar-refractivity contribution in [1.82, 2.24) is 4.90 Å². The first-order valence-electron chi connectivity index (χ1n) is 10.8. The van der Waals surface area contributed by atoms with Gasteiger partial charge in [0.2, 0.25) is 11.8 Å². The Kier molecular flexibility index (Phi) is 7.33. The van der Waals surface area contributed by atoms with Crippen LogP contribution in [0.5, 0.6) is 5.75 Å². The number of nitrogens with one attached hydrogen (secondary N) is 1. The molecule has 31 heavy (non-hydrogen) atoms. The molecule has 0 radical (unpaired) electrons. The summed E-state index contributed by atoms with van der Waals surface area (Å²) in [7, 11) is 1.62. The number of carbonyl (C=O) groups excluding carboxylic acids is 2. The van der Waals surface area contributed by atoms with Crippen LogP contribution in [0.2, 0.25) is 0 Å². The smallest absolute Gasteiger partial charge is 0.228 e. The minimum atomic E-state index is -0.125. The van der Waals surface area contributed by atoms with E-state index in [4.69, 9.17) is 10.5 Å². The molecule has 6 nitrogen and oxygen atoms in total. The van der Waals surface area contributed by atoms with E-state index in [1.54, 1.807) is 7.11 Å². The number of methoxy groups -OCH3 is 1. The van der Waals surface area contributed by atoms with E-state index in [2.05, 4.69) is 19.2 Å². The van der Waals surface area contributed by atoms with Crippen molar-refractivity contribution in [2.45, 2.75) is 39.7 Å². The van der Waals surface area contributed by atoms with Crippen LogP contribution in [0.3, 0.4) is 0 Å². The Labute approximate surface area is 184 Å². The Balaban J connectivity index is 1.58. The van der Waals surface area contributed by atoms with Crippen LogP contribution in [0.1, 0.15) is 37.8 Å². The van der Waals surface area contributed by atoms with Crippen LogP contribution in [0, 0.1) is 11.3 Å². The van der Waals surface area contributed by atoms with E-state index < -0.39 is 0 Å². The van der Waals surface area contributed by atoms with Crippen molar-refractivity contribution >= 4 is 17.5 Å². The number of hydrogen-bond acceptors (Lipinski definition) is 4. The zero-order chi connectivity index (χ0) is 22.4. The van der Waals surface area contributed by atoms with Crippen LogP contribution >= 0.6 is 0 Å². The molecule has 0 aliphatic heterocycles. The second-order valence-corrected chi connectivity index (χ2v) is 9.11. The molecular formula is C25H33N3O3. The number of ether oxygens (including phenoxy) is 1. The fourth-order valence-electron chi connectivity index (χ4n) is 3.43. The molecule has 0 aromatic heterocycles. The van der Waals surface area contributed by atoms with Crippen molar-refractivity contribution in [1.29, 1.82) is 0 Å². The summed E-state index contributed by atoms with van der Waals surface area (Å²) in [6.45, 7) is 5.89. The van der Waals surface area contributed by atoms with Gasteiger partial charge in [-0.2, -0.15) is 0 Å². The number of carbonyl (C=O) groups is 2. The van der Waals surface area contributed by atoms with Gasteiger partial charge in [0, 0.05) is 24.7 Å². The maximum Gasteiger partial charge on any atom is 0.228 e. The minimum Gasteiger partial charge on any atom is -0.497 e. The first-order valence-corrected chi connectivity index (χ1v) is 10.8. The zero-order valence-electron chi connectivity index (χ0n) is 18.7. The van der Waals surface area contributed by atoms with E-state index in [9.17, 15) is 9.59 Å². The second-order valence-electron chi connectivity index (χ2n) is 9.11. The number of nitrogens with two attached hydrogens (primary N) is 1. The summed E-state index contributed by atoms with van der Waals surface area (Å²) in [4.78, 5) is 27.0. The van der Waals surface area contributed by atoms with Crippen LogP contribution in [0.4, 0.5) is 5.69 Å². The van der Waals surface area contributed by atoms with Crippen molar-refractivity contribution < 1.29 is 14.3 Å². The third-order valence-corrected chi connectivity index (χ3v) is 5.54. The summed E-state index contributed by atoms with van der Waals surface area (Å²) in [5.74, 6) is 1.08. The average molecular weight is 424 g/mol. The molecule has 1 saturated carbocycles. The number of anilines is 1. The molecule has 3 rings (SSSR count). The van der Waals surface area contributed by atoms with Crippen LogP contribution in [0.25, 0.3) is 0 Å². The predicted molar refractivity (Wildman–Crippen MR) is 123 cm³/mol. The highest BCUT2D eigenvalue weighted by atomic mass is 16.5. The molecule has 0 spiro atoms. The largest absolute Gasteiger partial charge is 0.497 e. The average Bonchev–Trinajstić information content (AvgIpc) is 3.60. The third kappa shape index (κ3) is 6.82. The van der Waals surface area contributed by atoms with E-state index in [0.29, 0.717) is 26.1 Å². The summed E-state index contributed by atoms with van der Waals surface area (Å²) in [5, 5.41) is 2.93. The number of rotatable bonds is 10. The molecule has 1 aliphatic rings. The summed E-state index contributed by atoms with van der Waals surface area (Å²) in [5.41, 5.74) is 8.47. The molecule has 1 aliphatic carbocycles. The Morgan fingerprint density at radius 2 is 1.68 bits per heavy atom. The Hall–Kier alpha value is -2.86. The van der Waals surface area contributed by atoms with Gasteiger partial charge in [0.25, 0.3) is 0 Å². The Morgan fingerprint density at radius 3 is 2.23 bits per heavy atom. The van der Waals surface area contributed by atoms with Crippen LogP contribution in [0.15, 0.2) is 48.5 Å². The molecule has 0 bridgehead atoms. The fraction of sp³-hybridized carbons (Fsp3) is 0.440. The highest BCUT2D eigenvalue weighted by Gasteiger charge is 2.35. The maximum absolute atomic E-state index is 12.8. The van der Waals surface area contributed by atoms with Gasteiger partial charge >= 0.3 is 0 Å². The molecule has 0 saturated heterocycles. The van der Waals surface area contributed by atoms with Crippen molar-refractivity contribution in [2.75, 3.05) is 25.5 Å². The van der Waals surface area contributed by atoms with Crippen molar-refractivity contribution in [3.05, 3.63) is 59.7 Å². The van der Waals surface area contributed by atoms with Gasteiger partial charge in [-0.1, -0.05) is 38.1 Å². The topological polar surface area (TPSA) is 84.7 Å². The van der Waals surface area contributed by atoms with Crippen LogP contribution < -0.4 is 15.8 Å². The van der Waals surface area contributed by atoms with Crippen molar-refractivity contribution in [3.63, 3.8) is 0 Å². The lowest BCUT2D eigenvalue weighted by Crippen LogP contribution is -2.42. The molecule has 0 unspecified atom stereocenters. The third-order valence-electron chi connectivity index (χ3n) is 5.54. The predicted octanol–water partition coefficient (Wildman–Crippen LogP) is 3.60. The van der Waals surface area contributed by atoms with Gasteiger partial charge in [0.15, 0.2) is 0 Å². The molecular weight excluding hydrogens is 390 g/mol. The van der Waals surface area contributed by atoms with Gasteiger partial charge in [-0.15, -0.1) is 0 Å². The second kappa shape index (κ2) is 9.96. The highest BCUT2D eigenvalue weighted by molar-refractivity contribution is 5.92. The Morgan fingerprint density at radius 1 is 1.06 bits per heavy atom. The van der Waals surface area contributed by atoms with Crippen LogP contribution in [-0.2, 0) is 22.6 Å². The minimum absolute atomic E-state index is 0.0758. The van der Waals surface area contributed by atoms with Gasteiger partial charge in [-0.3, -0.25) is 9.59 Å². The van der Waals surface area contributed by atoms with Crippen LogP contribution in [-0.4, -0.2) is 36.9 Å². The van der Waals surface area contributed by atoms with Gasteiger partial charge in [0.05, 0.1) is 13.5 Å². The maximum atomic E-state index is 12.8. The standard InChI is InChI=1S/C25H33N3O3/c1-25(2,16-26)17-28(24(30)20-8-9-20)15-19-4-10-21(11-5-19)27-23(29)14-18-6-12-22(31-3)13-7-18/h4-7,10-13,20H,8-9,14-17,26H2,1-3H3,(H,27,29).